The Morgan fingerprint density at radius 1 is 1.60 bits per heavy atom. The fourth-order valence-electron chi connectivity index (χ4n) is 0.789. The summed E-state index contributed by atoms with van der Waals surface area (Å²) in [5, 5.41) is 0. The topological polar surface area (TPSA) is 48.1 Å². The lowest BCUT2D eigenvalue weighted by Crippen LogP contribution is -2.37. The summed E-state index contributed by atoms with van der Waals surface area (Å²) in [7, 11) is 0. The summed E-state index contributed by atoms with van der Waals surface area (Å²) in [4.78, 5) is 10.5. The average molecular weight is 142 g/mol. The van der Waals surface area contributed by atoms with E-state index in [4.69, 9.17) is 9.47 Å². The van der Waals surface area contributed by atoms with Crippen LogP contribution in [0.15, 0.2) is 12.7 Å². The van der Waals surface area contributed by atoms with E-state index in [1.807, 2.05) is 0 Å². The molecule has 2 aliphatic heterocycles. The molecule has 3 unspecified atom stereocenters. The number of carbonyl (C=O) groups excluding carboxylic acids is 1. The van der Waals surface area contributed by atoms with Crippen molar-refractivity contribution < 1.29 is 19.0 Å². The van der Waals surface area contributed by atoms with E-state index in [1.165, 1.54) is 0 Å². The van der Waals surface area contributed by atoms with Gasteiger partial charge in [-0.25, -0.2) is 4.79 Å². The molecule has 2 heterocycles. The van der Waals surface area contributed by atoms with Crippen LogP contribution in [0.1, 0.15) is 0 Å². The van der Waals surface area contributed by atoms with E-state index in [1.54, 1.807) is 0 Å². The Morgan fingerprint density at radius 2 is 2.40 bits per heavy atom. The first-order valence-electron chi connectivity index (χ1n) is 2.95. The maximum Gasteiger partial charge on any atom is 0.332 e. The number of esters is 1. The largest absolute Gasteiger partial charge is 0.429 e. The molecule has 0 N–H and O–H groups in total. The molecule has 2 fully saturated rings. The number of hydrogen-bond donors (Lipinski definition) is 0. The second-order valence-electron chi connectivity index (χ2n) is 2.11. The van der Waals surface area contributed by atoms with Crippen LogP contribution in [0, 0.1) is 0 Å². The number of epoxide rings is 1. The Labute approximate surface area is 57.4 Å². The van der Waals surface area contributed by atoms with Crippen molar-refractivity contribution in [3.05, 3.63) is 12.7 Å². The summed E-state index contributed by atoms with van der Waals surface area (Å²) < 4.78 is 14.4. The standard InChI is InChI=1S/C6H6O4/c1-2-3(7)8-5-4-6(9-4)10-5/h2,4-6H,1H2. The van der Waals surface area contributed by atoms with Crippen molar-refractivity contribution in [1.29, 1.82) is 0 Å². The van der Waals surface area contributed by atoms with Gasteiger partial charge in [0.2, 0.25) is 6.29 Å². The molecule has 0 amide bonds. The molecule has 4 heteroatoms. The molecule has 2 saturated heterocycles. The smallest absolute Gasteiger partial charge is 0.332 e. The molecule has 0 aromatic heterocycles. The highest BCUT2D eigenvalue weighted by Crippen LogP contribution is 2.40. The van der Waals surface area contributed by atoms with Crippen molar-refractivity contribution in [1.82, 2.24) is 0 Å². The summed E-state index contributed by atoms with van der Waals surface area (Å²) in [6, 6.07) is 0. The van der Waals surface area contributed by atoms with Crippen LogP contribution in [0.3, 0.4) is 0 Å². The van der Waals surface area contributed by atoms with Crippen LogP contribution < -0.4 is 0 Å². The molecule has 2 aliphatic rings. The molecule has 10 heavy (non-hydrogen) atoms. The van der Waals surface area contributed by atoms with Gasteiger partial charge in [0.25, 0.3) is 0 Å². The molecule has 3 atom stereocenters. The second kappa shape index (κ2) is 1.81. The molecular formula is C6H6O4. The maximum atomic E-state index is 10.5. The maximum absolute atomic E-state index is 10.5. The lowest BCUT2D eigenvalue weighted by atomic mass is 10.3. The van der Waals surface area contributed by atoms with E-state index < -0.39 is 12.3 Å². The molecular weight excluding hydrogens is 136 g/mol. The van der Waals surface area contributed by atoms with Gasteiger partial charge >= 0.3 is 5.97 Å². The van der Waals surface area contributed by atoms with E-state index in [0.29, 0.717) is 0 Å². The van der Waals surface area contributed by atoms with E-state index >= 15 is 0 Å². The normalized spacial score (nSPS) is 41.0. The Bertz CT molecular complexity index is 188. The lowest BCUT2D eigenvalue weighted by Gasteiger charge is -2.19. The van der Waals surface area contributed by atoms with E-state index in [-0.39, 0.29) is 12.4 Å². The minimum absolute atomic E-state index is 0.0103. The van der Waals surface area contributed by atoms with Crippen molar-refractivity contribution in [2.45, 2.75) is 18.7 Å². The van der Waals surface area contributed by atoms with Gasteiger partial charge in [0.05, 0.1) is 0 Å². The zero-order valence-corrected chi connectivity index (χ0v) is 5.15. The van der Waals surface area contributed by atoms with Gasteiger partial charge in [-0.15, -0.1) is 0 Å². The molecule has 2 rings (SSSR count). The number of ether oxygens (including phenoxy) is 3. The number of hydrogen-bond acceptors (Lipinski definition) is 4. The number of rotatable bonds is 2. The zero-order chi connectivity index (χ0) is 7.14. The van der Waals surface area contributed by atoms with Gasteiger partial charge in [0.1, 0.15) is 0 Å². The van der Waals surface area contributed by atoms with Crippen LogP contribution in [-0.4, -0.2) is 24.7 Å². The van der Waals surface area contributed by atoms with Crippen LogP contribution >= 0.6 is 0 Å². The van der Waals surface area contributed by atoms with Gasteiger partial charge in [-0.05, 0) is 0 Å². The molecule has 0 bridgehead atoms. The highest BCUT2D eigenvalue weighted by molar-refractivity contribution is 5.81. The number of fused-ring (bicyclic) bond motifs is 1. The van der Waals surface area contributed by atoms with Gasteiger partial charge in [-0.3, -0.25) is 0 Å². The van der Waals surface area contributed by atoms with Crippen LogP contribution in [-0.2, 0) is 19.0 Å². The highest BCUT2D eigenvalue weighted by Gasteiger charge is 2.60. The van der Waals surface area contributed by atoms with Gasteiger partial charge in [0, 0.05) is 6.08 Å². The minimum Gasteiger partial charge on any atom is -0.429 e. The molecule has 0 aromatic rings. The van der Waals surface area contributed by atoms with E-state index in [9.17, 15) is 4.79 Å². The summed E-state index contributed by atoms with van der Waals surface area (Å²) >= 11 is 0. The first kappa shape index (κ1) is 5.88. The van der Waals surface area contributed by atoms with Crippen LogP contribution in [0.5, 0.6) is 0 Å². The Morgan fingerprint density at radius 3 is 2.80 bits per heavy atom. The quantitative estimate of drug-likeness (QED) is 0.304. The molecule has 0 aromatic carbocycles. The Balaban J connectivity index is 1.80. The third kappa shape index (κ3) is 0.732. The van der Waals surface area contributed by atoms with Gasteiger partial charge in [-0.1, -0.05) is 6.58 Å². The van der Waals surface area contributed by atoms with E-state index in [2.05, 4.69) is 11.3 Å². The Hall–Kier alpha value is -0.870. The van der Waals surface area contributed by atoms with Crippen LogP contribution in [0.2, 0.25) is 0 Å². The average Bonchev–Trinajstić information content (AvgIpc) is 2.56. The predicted octanol–water partition coefficient (Wildman–Crippen LogP) is -0.203. The molecule has 0 spiro atoms. The molecule has 0 saturated carbocycles. The summed E-state index contributed by atoms with van der Waals surface area (Å²) in [5.74, 6) is -0.473. The fourth-order valence-corrected chi connectivity index (χ4v) is 0.789. The first-order chi connectivity index (χ1) is 4.81. The molecule has 4 nitrogen and oxygen atoms in total. The van der Waals surface area contributed by atoms with Gasteiger partial charge in [0.15, 0.2) is 12.4 Å². The lowest BCUT2D eigenvalue weighted by molar-refractivity contribution is -0.203. The van der Waals surface area contributed by atoms with Crippen molar-refractivity contribution in [2.75, 3.05) is 0 Å². The summed E-state index contributed by atoms with van der Waals surface area (Å²) in [5.41, 5.74) is 0. The van der Waals surface area contributed by atoms with E-state index in [0.717, 1.165) is 6.08 Å². The van der Waals surface area contributed by atoms with Crippen LogP contribution in [0.25, 0.3) is 0 Å². The predicted molar refractivity (Wildman–Crippen MR) is 29.8 cm³/mol. The molecule has 54 valence electrons. The van der Waals surface area contributed by atoms with Crippen LogP contribution in [0.4, 0.5) is 0 Å². The summed E-state index contributed by atoms with van der Waals surface area (Å²) in [6.45, 7) is 3.24. The SMILES string of the molecule is C=CC(=O)OC1OC2OC12. The van der Waals surface area contributed by atoms with Crippen molar-refractivity contribution >= 4 is 5.97 Å². The molecule has 0 radical (unpaired) electrons. The fraction of sp³-hybridized carbons (Fsp3) is 0.500. The third-order valence-corrected chi connectivity index (χ3v) is 1.42. The zero-order valence-electron chi connectivity index (χ0n) is 5.15. The monoisotopic (exact) mass is 142 g/mol. The van der Waals surface area contributed by atoms with Crippen molar-refractivity contribution in [2.24, 2.45) is 0 Å². The minimum atomic E-state index is -0.490. The second-order valence-corrected chi connectivity index (χ2v) is 2.11. The number of carbonyl (C=O) groups is 1. The highest BCUT2D eigenvalue weighted by atomic mass is 16.9. The molecule has 0 aliphatic carbocycles. The Kier molecular flexibility index (Phi) is 1.06. The van der Waals surface area contributed by atoms with Gasteiger partial charge < -0.3 is 14.2 Å². The van der Waals surface area contributed by atoms with Crippen molar-refractivity contribution in [3.8, 4) is 0 Å². The first-order valence-corrected chi connectivity index (χ1v) is 2.95. The van der Waals surface area contributed by atoms with Gasteiger partial charge in [-0.2, -0.15) is 0 Å². The third-order valence-electron chi connectivity index (χ3n) is 1.42. The summed E-state index contributed by atoms with van der Waals surface area (Å²) in [6.07, 6.45) is 0.487. The van der Waals surface area contributed by atoms with Crippen molar-refractivity contribution in [3.63, 3.8) is 0 Å².